The van der Waals surface area contributed by atoms with Crippen molar-refractivity contribution in [3.8, 4) is 5.75 Å². The Hall–Kier alpha value is -1.57. The average Bonchev–Trinajstić information content (AvgIpc) is 2.29. The number of rotatable bonds is 0. The third-order valence-corrected chi connectivity index (χ3v) is 2.66. The minimum Gasteiger partial charge on any atom is -0.502 e. The van der Waals surface area contributed by atoms with Gasteiger partial charge in [-0.25, -0.2) is 0 Å². The SMILES string of the molecule is CC1=[N+](C)c2c(O)cccc2C=CC1. The van der Waals surface area contributed by atoms with Gasteiger partial charge in [0.15, 0.2) is 11.5 Å². The fourth-order valence-corrected chi connectivity index (χ4v) is 1.73. The van der Waals surface area contributed by atoms with Crippen LogP contribution < -0.4 is 0 Å². The number of hydrogen-bond donors (Lipinski definition) is 1. The molecule has 2 nitrogen and oxygen atoms in total. The quantitative estimate of drug-likeness (QED) is 0.621. The molecule has 1 N–H and O–H groups in total. The topological polar surface area (TPSA) is 23.2 Å². The van der Waals surface area contributed by atoms with Crippen LogP contribution in [0.2, 0.25) is 0 Å². The number of benzene rings is 1. The van der Waals surface area contributed by atoms with Crippen LogP contribution in [0.5, 0.6) is 5.75 Å². The van der Waals surface area contributed by atoms with E-state index in [0.717, 1.165) is 17.7 Å². The van der Waals surface area contributed by atoms with Crippen molar-refractivity contribution in [3.05, 3.63) is 29.8 Å². The summed E-state index contributed by atoms with van der Waals surface area (Å²) >= 11 is 0. The van der Waals surface area contributed by atoms with Crippen LogP contribution in [-0.4, -0.2) is 22.4 Å². The highest BCUT2D eigenvalue weighted by atomic mass is 16.3. The van der Waals surface area contributed by atoms with Crippen LogP contribution in [0.4, 0.5) is 5.69 Å². The normalized spacial score (nSPS) is 15.3. The predicted molar refractivity (Wildman–Crippen MR) is 58.3 cm³/mol. The largest absolute Gasteiger partial charge is 0.502 e. The molecule has 2 heteroatoms. The Morgan fingerprint density at radius 3 is 2.93 bits per heavy atom. The van der Waals surface area contributed by atoms with Gasteiger partial charge in [0.25, 0.3) is 5.69 Å². The summed E-state index contributed by atoms with van der Waals surface area (Å²) in [7, 11) is 1.99. The molecule has 1 aliphatic heterocycles. The highest BCUT2D eigenvalue weighted by Gasteiger charge is 2.19. The standard InChI is InChI=1S/C12H13NO/c1-9-5-3-6-10-7-4-8-11(14)12(10)13(9)2/h3-4,6-8H,5H2,1-2H3/p+1. The molecule has 0 atom stereocenters. The first-order valence-corrected chi connectivity index (χ1v) is 4.75. The summed E-state index contributed by atoms with van der Waals surface area (Å²) in [6.45, 7) is 2.08. The van der Waals surface area contributed by atoms with Crippen LogP contribution in [0, 0.1) is 0 Å². The van der Waals surface area contributed by atoms with Gasteiger partial charge in [-0.15, -0.1) is 0 Å². The molecule has 1 aromatic rings. The summed E-state index contributed by atoms with van der Waals surface area (Å²) in [6.07, 6.45) is 5.11. The Morgan fingerprint density at radius 2 is 2.14 bits per heavy atom. The van der Waals surface area contributed by atoms with Crippen molar-refractivity contribution in [1.29, 1.82) is 0 Å². The van der Waals surface area contributed by atoms with Gasteiger partial charge in [-0.05, 0) is 12.1 Å². The second kappa shape index (κ2) is 3.29. The van der Waals surface area contributed by atoms with E-state index < -0.39 is 0 Å². The molecule has 0 fully saturated rings. The van der Waals surface area contributed by atoms with Gasteiger partial charge in [-0.1, -0.05) is 18.2 Å². The van der Waals surface area contributed by atoms with Gasteiger partial charge in [0.05, 0.1) is 0 Å². The van der Waals surface area contributed by atoms with Crippen molar-refractivity contribution in [1.82, 2.24) is 0 Å². The molecule has 1 aromatic carbocycles. The zero-order valence-electron chi connectivity index (χ0n) is 8.49. The Balaban J connectivity index is 2.73. The molecule has 14 heavy (non-hydrogen) atoms. The first-order chi connectivity index (χ1) is 6.70. The van der Waals surface area contributed by atoms with E-state index in [1.54, 1.807) is 6.07 Å². The monoisotopic (exact) mass is 188 g/mol. The molecular weight excluding hydrogens is 174 g/mol. The van der Waals surface area contributed by atoms with Gasteiger partial charge < -0.3 is 5.11 Å². The van der Waals surface area contributed by atoms with Gasteiger partial charge in [0.2, 0.25) is 0 Å². The van der Waals surface area contributed by atoms with E-state index in [2.05, 4.69) is 19.1 Å². The molecule has 0 aliphatic carbocycles. The van der Waals surface area contributed by atoms with E-state index in [1.807, 2.05) is 23.8 Å². The number of phenolic OH excluding ortho intramolecular Hbond substituents is 1. The number of fused-ring (bicyclic) bond motifs is 1. The van der Waals surface area contributed by atoms with E-state index in [-0.39, 0.29) is 0 Å². The zero-order chi connectivity index (χ0) is 10.1. The van der Waals surface area contributed by atoms with E-state index in [0.29, 0.717) is 5.75 Å². The molecule has 0 aromatic heterocycles. The summed E-state index contributed by atoms with van der Waals surface area (Å²) in [6, 6.07) is 5.61. The Labute approximate surface area is 83.8 Å². The van der Waals surface area contributed by atoms with Crippen molar-refractivity contribution >= 4 is 17.5 Å². The van der Waals surface area contributed by atoms with Crippen LogP contribution in [-0.2, 0) is 0 Å². The fraction of sp³-hybridized carbons (Fsp3) is 0.250. The average molecular weight is 188 g/mol. The van der Waals surface area contributed by atoms with E-state index >= 15 is 0 Å². The second-order valence-electron chi connectivity index (χ2n) is 3.62. The molecular formula is C12H14NO+. The lowest BCUT2D eigenvalue weighted by Gasteiger charge is -2.03. The van der Waals surface area contributed by atoms with Gasteiger partial charge in [-0.2, -0.15) is 4.58 Å². The minimum atomic E-state index is 0.343. The van der Waals surface area contributed by atoms with Crippen LogP contribution in [0.25, 0.3) is 6.08 Å². The Kier molecular flexibility index (Phi) is 2.12. The Morgan fingerprint density at radius 1 is 1.36 bits per heavy atom. The smallest absolute Gasteiger partial charge is 0.254 e. The molecule has 0 saturated carbocycles. The first-order valence-electron chi connectivity index (χ1n) is 4.75. The van der Waals surface area contributed by atoms with Crippen LogP contribution in [0.1, 0.15) is 18.9 Å². The molecule has 0 saturated heterocycles. The van der Waals surface area contributed by atoms with Gasteiger partial charge in [-0.3, -0.25) is 0 Å². The Bertz CT molecular complexity index is 430. The third kappa shape index (κ3) is 1.33. The number of aromatic hydroxyl groups is 1. The van der Waals surface area contributed by atoms with E-state index in [4.69, 9.17) is 0 Å². The van der Waals surface area contributed by atoms with Crippen molar-refractivity contribution in [2.45, 2.75) is 13.3 Å². The lowest BCUT2D eigenvalue weighted by atomic mass is 10.1. The molecule has 1 heterocycles. The van der Waals surface area contributed by atoms with E-state index in [9.17, 15) is 5.11 Å². The third-order valence-electron chi connectivity index (χ3n) is 2.66. The lowest BCUT2D eigenvalue weighted by molar-refractivity contribution is -0.407. The van der Waals surface area contributed by atoms with Crippen LogP contribution in [0.15, 0.2) is 24.3 Å². The van der Waals surface area contributed by atoms with Crippen molar-refractivity contribution in [2.75, 3.05) is 7.05 Å². The highest BCUT2D eigenvalue weighted by Crippen LogP contribution is 2.31. The fourth-order valence-electron chi connectivity index (χ4n) is 1.73. The highest BCUT2D eigenvalue weighted by molar-refractivity contribution is 5.83. The van der Waals surface area contributed by atoms with Crippen molar-refractivity contribution < 1.29 is 9.68 Å². The second-order valence-corrected chi connectivity index (χ2v) is 3.62. The maximum atomic E-state index is 9.78. The molecule has 0 amide bonds. The first kappa shape index (κ1) is 9.00. The molecule has 0 radical (unpaired) electrons. The minimum absolute atomic E-state index is 0.343. The number of allylic oxidation sites excluding steroid dienone is 1. The predicted octanol–water partition coefficient (Wildman–Crippen LogP) is 2.54. The molecule has 0 unspecified atom stereocenters. The number of nitrogens with zero attached hydrogens (tertiary/aromatic N) is 1. The molecule has 1 aliphatic rings. The maximum absolute atomic E-state index is 9.78. The molecule has 0 spiro atoms. The van der Waals surface area contributed by atoms with Crippen LogP contribution >= 0.6 is 0 Å². The van der Waals surface area contributed by atoms with Gasteiger partial charge >= 0.3 is 0 Å². The molecule has 0 bridgehead atoms. The summed E-state index contributed by atoms with van der Waals surface area (Å²) in [5.74, 6) is 0.343. The maximum Gasteiger partial charge on any atom is 0.254 e. The van der Waals surface area contributed by atoms with Crippen LogP contribution in [0.3, 0.4) is 0 Å². The molecule has 72 valence electrons. The van der Waals surface area contributed by atoms with Gasteiger partial charge in [0, 0.05) is 18.9 Å². The number of hydrogen-bond acceptors (Lipinski definition) is 1. The van der Waals surface area contributed by atoms with E-state index in [1.165, 1.54) is 5.71 Å². The summed E-state index contributed by atoms with van der Waals surface area (Å²) < 4.78 is 2.05. The summed E-state index contributed by atoms with van der Waals surface area (Å²) in [5, 5.41) is 9.78. The zero-order valence-corrected chi connectivity index (χ0v) is 8.49. The van der Waals surface area contributed by atoms with Crippen molar-refractivity contribution in [3.63, 3.8) is 0 Å². The summed E-state index contributed by atoms with van der Waals surface area (Å²) in [5.41, 5.74) is 3.21. The lowest BCUT2D eigenvalue weighted by Crippen LogP contribution is -2.08. The number of phenols is 1. The van der Waals surface area contributed by atoms with Crippen molar-refractivity contribution in [2.24, 2.45) is 0 Å². The number of para-hydroxylation sites is 1. The van der Waals surface area contributed by atoms with Gasteiger partial charge in [0.1, 0.15) is 7.05 Å². The summed E-state index contributed by atoms with van der Waals surface area (Å²) in [4.78, 5) is 0. The molecule has 2 rings (SSSR count).